The molecule has 0 aliphatic carbocycles. The molecule has 1 atom stereocenters. The van der Waals surface area contributed by atoms with Crippen molar-refractivity contribution in [3.8, 4) is 5.69 Å². The second-order valence-electron chi connectivity index (χ2n) is 4.56. The van der Waals surface area contributed by atoms with Gasteiger partial charge in [0, 0.05) is 4.90 Å². The van der Waals surface area contributed by atoms with E-state index in [9.17, 15) is 5.11 Å². The Bertz CT molecular complexity index is 710. The summed E-state index contributed by atoms with van der Waals surface area (Å²) < 4.78 is 1.70. The van der Waals surface area contributed by atoms with Gasteiger partial charge in [0.15, 0.2) is 0 Å². The lowest BCUT2D eigenvalue weighted by atomic mass is 10.1. The third-order valence-electron chi connectivity index (χ3n) is 3.01. The highest BCUT2D eigenvalue weighted by Gasteiger charge is 2.10. The van der Waals surface area contributed by atoms with Gasteiger partial charge in [0.05, 0.1) is 11.8 Å². The first-order valence-electron chi connectivity index (χ1n) is 6.54. The number of hydrogen-bond donors (Lipinski definition) is 1. The van der Waals surface area contributed by atoms with Gasteiger partial charge in [-0.2, -0.15) is 4.68 Å². The molecule has 3 aromatic rings. The lowest BCUT2D eigenvalue weighted by molar-refractivity contribution is 0.199. The van der Waals surface area contributed by atoms with Crippen LogP contribution in [0.2, 0.25) is 0 Å². The van der Waals surface area contributed by atoms with Crippen molar-refractivity contribution < 1.29 is 5.11 Å². The Morgan fingerprint density at radius 1 is 1.05 bits per heavy atom. The Morgan fingerprint density at radius 3 is 2.43 bits per heavy atom. The minimum atomic E-state index is -0.460. The molecule has 0 unspecified atom stereocenters. The molecular formula is C15H14N4OS. The van der Waals surface area contributed by atoms with Gasteiger partial charge in [-0.15, -0.1) is 5.10 Å². The second-order valence-corrected chi connectivity index (χ2v) is 5.60. The highest BCUT2D eigenvalue weighted by Crippen LogP contribution is 2.27. The number of nitrogens with zero attached hydrogens (tertiary/aromatic N) is 4. The SMILES string of the molecule is C[C@@H](O)c1ccc(Sc2nnnn2-c2ccccc2)cc1. The highest BCUT2D eigenvalue weighted by molar-refractivity contribution is 7.99. The fourth-order valence-corrected chi connectivity index (χ4v) is 2.68. The number of benzene rings is 2. The molecule has 0 spiro atoms. The summed E-state index contributed by atoms with van der Waals surface area (Å²) in [6.45, 7) is 1.75. The first-order valence-corrected chi connectivity index (χ1v) is 7.35. The smallest absolute Gasteiger partial charge is 0.218 e. The van der Waals surface area contributed by atoms with E-state index < -0.39 is 6.10 Å². The molecule has 0 fully saturated rings. The zero-order valence-electron chi connectivity index (χ0n) is 11.4. The van der Waals surface area contributed by atoms with E-state index in [1.54, 1.807) is 11.6 Å². The minimum absolute atomic E-state index is 0.460. The van der Waals surface area contributed by atoms with Gasteiger partial charge in [0.25, 0.3) is 0 Å². The van der Waals surface area contributed by atoms with Gasteiger partial charge in [-0.3, -0.25) is 0 Å². The fraction of sp³-hybridized carbons (Fsp3) is 0.133. The van der Waals surface area contributed by atoms with E-state index in [0.717, 1.165) is 16.1 Å². The van der Waals surface area contributed by atoms with Gasteiger partial charge in [-0.25, -0.2) is 0 Å². The van der Waals surface area contributed by atoms with E-state index in [-0.39, 0.29) is 0 Å². The number of hydrogen-bond acceptors (Lipinski definition) is 5. The maximum Gasteiger partial charge on any atom is 0.218 e. The van der Waals surface area contributed by atoms with Crippen LogP contribution in [0.15, 0.2) is 64.6 Å². The van der Waals surface area contributed by atoms with Gasteiger partial charge >= 0.3 is 0 Å². The quantitative estimate of drug-likeness (QED) is 0.802. The zero-order chi connectivity index (χ0) is 14.7. The Kier molecular flexibility index (Phi) is 3.98. The Balaban J connectivity index is 1.84. The number of aromatic nitrogens is 4. The predicted molar refractivity (Wildman–Crippen MR) is 80.4 cm³/mol. The van der Waals surface area contributed by atoms with Crippen LogP contribution in [-0.4, -0.2) is 25.3 Å². The van der Waals surface area contributed by atoms with Gasteiger partial charge in [0.2, 0.25) is 5.16 Å². The monoisotopic (exact) mass is 298 g/mol. The molecule has 1 aromatic heterocycles. The molecule has 1 heterocycles. The highest BCUT2D eigenvalue weighted by atomic mass is 32.2. The van der Waals surface area contributed by atoms with Crippen molar-refractivity contribution in [3.63, 3.8) is 0 Å². The van der Waals surface area contributed by atoms with Crippen LogP contribution in [0.1, 0.15) is 18.6 Å². The largest absolute Gasteiger partial charge is 0.389 e. The predicted octanol–water partition coefficient (Wildman–Crippen LogP) is 2.87. The molecule has 3 rings (SSSR count). The standard InChI is InChI=1S/C15H14N4OS/c1-11(20)12-7-9-14(10-8-12)21-15-16-17-18-19(15)13-5-3-2-4-6-13/h2-11,20H,1H3/t11-/m1/s1. The zero-order valence-corrected chi connectivity index (χ0v) is 12.2. The van der Waals surface area contributed by atoms with Crippen molar-refractivity contribution >= 4 is 11.8 Å². The summed E-state index contributed by atoms with van der Waals surface area (Å²) in [4.78, 5) is 1.02. The molecule has 0 aliphatic heterocycles. The topological polar surface area (TPSA) is 63.8 Å². The Morgan fingerprint density at radius 2 is 1.76 bits per heavy atom. The molecule has 2 aromatic carbocycles. The van der Waals surface area contributed by atoms with Crippen molar-refractivity contribution in [2.45, 2.75) is 23.1 Å². The lowest BCUT2D eigenvalue weighted by Crippen LogP contribution is -1.98. The van der Waals surface area contributed by atoms with Crippen LogP contribution >= 0.6 is 11.8 Å². The fourth-order valence-electron chi connectivity index (χ4n) is 1.89. The van der Waals surface area contributed by atoms with Crippen LogP contribution in [0.5, 0.6) is 0 Å². The molecule has 0 bridgehead atoms. The van der Waals surface area contributed by atoms with E-state index in [1.807, 2.05) is 54.6 Å². The van der Waals surface area contributed by atoms with E-state index in [0.29, 0.717) is 5.16 Å². The number of tetrazole rings is 1. The van der Waals surface area contributed by atoms with Crippen LogP contribution in [0.4, 0.5) is 0 Å². The van der Waals surface area contributed by atoms with E-state index in [2.05, 4.69) is 15.5 Å². The normalized spacial score (nSPS) is 12.3. The first-order chi connectivity index (χ1) is 10.2. The third kappa shape index (κ3) is 3.12. The third-order valence-corrected chi connectivity index (χ3v) is 3.96. The Hall–Kier alpha value is -2.18. The van der Waals surface area contributed by atoms with E-state index in [4.69, 9.17) is 0 Å². The average Bonchev–Trinajstić information content (AvgIpc) is 2.97. The molecule has 1 N–H and O–H groups in total. The van der Waals surface area contributed by atoms with Gasteiger partial charge < -0.3 is 5.11 Å². The van der Waals surface area contributed by atoms with Crippen molar-refractivity contribution in [2.24, 2.45) is 0 Å². The summed E-state index contributed by atoms with van der Waals surface area (Å²) >= 11 is 1.48. The molecule has 0 saturated carbocycles. The molecule has 0 saturated heterocycles. The summed E-state index contributed by atoms with van der Waals surface area (Å²) in [6, 6.07) is 17.5. The summed E-state index contributed by atoms with van der Waals surface area (Å²) in [6.07, 6.45) is -0.460. The number of para-hydroxylation sites is 1. The summed E-state index contributed by atoms with van der Waals surface area (Å²) in [5.74, 6) is 0. The van der Waals surface area contributed by atoms with Gasteiger partial charge in [-0.05, 0) is 58.9 Å². The molecule has 106 valence electrons. The summed E-state index contributed by atoms with van der Waals surface area (Å²) in [7, 11) is 0. The van der Waals surface area contributed by atoms with Crippen molar-refractivity contribution in [2.75, 3.05) is 0 Å². The van der Waals surface area contributed by atoms with Crippen molar-refractivity contribution in [3.05, 3.63) is 60.2 Å². The van der Waals surface area contributed by atoms with E-state index in [1.165, 1.54) is 11.8 Å². The van der Waals surface area contributed by atoms with Crippen LogP contribution in [-0.2, 0) is 0 Å². The molecule has 0 radical (unpaired) electrons. The molecular weight excluding hydrogens is 284 g/mol. The van der Waals surface area contributed by atoms with Crippen molar-refractivity contribution in [1.82, 2.24) is 20.2 Å². The number of aliphatic hydroxyl groups excluding tert-OH is 1. The summed E-state index contributed by atoms with van der Waals surface area (Å²) in [5.41, 5.74) is 1.81. The number of rotatable bonds is 4. The number of aliphatic hydroxyl groups is 1. The molecule has 0 aliphatic rings. The maximum absolute atomic E-state index is 9.52. The van der Waals surface area contributed by atoms with Crippen LogP contribution < -0.4 is 0 Å². The molecule has 6 heteroatoms. The minimum Gasteiger partial charge on any atom is -0.389 e. The Labute approximate surface area is 126 Å². The maximum atomic E-state index is 9.52. The summed E-state index contributed by atoms with van der Waals surface area (Å²) in [5, 5.41) is 22.0. The molecule has 5 nitrogen and oxygen atoms in total. The molecule has 21 heavy (non-hydrogen) atoms. The van der Waals surface area contributed by atoms with Gasteiger partial charge in [0.1, 0.15) is 0 Å². The van der Waals surface area contributed by atoms with Crippen LogP contribution in [0, 0.1) is 0 Å². The lowest BCUT2D eigenvalue weighted by Gasteiger charge is -2.06. The van der Waals surface area contributed by atoms with Gasteiger partial charge in [-0.1, -0.05) is 30.3 Å². The van der Waals surface area contributed by atoms with Crippen LogP contribution in [0.25, 0.3) is 5.69 Å². The van der Waals surface area contributed by atoms with Crippen molar-refractivity contribution in [1.29, 1.82) is 0 Å². The first kappa shape index (κ1) is 13.8. The molecule has 0 amide bonds. The average molecular weight is 298 g/mol. The second kappa shape index (κ2) is 6.07. The van der Waals surface area contributed by atoms with E-state index >= 15 is 0 Å². The van der Waals surface area contributed by atoms with Crippen LogP contribution in [0.3, 0.4) is 0 Å².